The Hall–Kier alpha value is -2.80. The molecule has 1 aliphatic heterocycles. The van der Waals surface area contributed by atoms with E-state index in [2.05, 4.69) is 47.2 Å². The SMILES string of the molecule is CCN(CC)c1ccc(-c2nc3cnccn3c2NCC2CCCO2)c(OC)c1. The van der Waals surface area contributed by atoms with Crippen LogP contribution < -0.4 is 15.0 Å². The minimum absolute atomic E-state index is 0.238. The summed E-state index contributed by atoms with van der Waals surface area (Å²) in [5, 5.41) is 3.57. The number of hydrogen-bond acceptors (Lipinski definition) is 6. The summed E-state index contributed by atoms with van der Waals surface area (Å²) < 4.78 is 13.6. The van der Waals surface area contributed by atoms with Crippen LogP contribution in [0.3, 0.4) is 0 Å². The zero-order chi connectivity index (χ0) is 20.2. The summed E-state index contributed by atoms with van der Waals surface area (Å²) in [5.74, 6) is 1.75. The van der Waals surface area contributed by atoms with Crippen LogP contribution in [0.5, 0.6) is 5.75 Å². The van der Waals surface area contributed by atoms with E-state index in [1.54, 1.807) is 19.5 Å². The molecule has 1 N–H and O–H groups in total. The van der Waals surface area contributed by atoms with Crippen molar-refractivity contribution in [3.05, 3.63) is 36.8 Å². The van der Waals surface area contributed by atoms with Crippen LogP contribution in [-0.2, 0) is 4.74 Å². The Bertz CT molecular complexity index is 961. The molecule has 3 heterocycles. The maximum Gasteiger partial charge on any atom is 0.157 e. The van der Waals surface area contributed by atoms with Gasteiger partial charge in [0, 0.05) is 56.0 Å². The molecule has 29 heavy (non-hydrogen) atoms. The molecule has 0 bridgehead atoms. The lowest BCUT2D eigenvalue weighted by Gasteiger charge is -2.22. The van der Waals surface area contributed by atoms with Gasteiger partial charge in [-0.2, -0.15) is 0 Å². The number of aromatic nitrogens is 3. The number of nitrogens with zero attached hydrogens (tertiary/aromatic N) is 4. The number of nitrogens with one attached hydrogen (secondary N) is 1. The molecule has 0 spiro atoms. The first-order valence-corrected chi connectivity index (χ1v) is 10.4. The van der Waals surface area contributed by atoms with Crippen LogP contribution >= 0.6 is 0 Å². The summed E-state index contributed by atoms with van der Waals surface area (Å²) >= 11 is 0. The molecule has 1 aromatic carbocycles. The quantitative estimate of drug-likeness (QED) is 0.625. The van der Waals surface area contributed by atoms with Crippen LogP contribution in [0.15, 0.2) is 36.8 Å². The van der Waals surface area contributed by atoms with Gasteiger partial charge >= 0.3 is 0 Å². The predicted octanol–water partition coefficient (Wildman–Crippen LogP) is 3.84. The molecule has 1 saturated heterocycles. The molecule has 154 valence electrons. The number of fused-ring (bicyclic) bond motifs is 1. The first-order chi connectivity index (χ1) is 14.2. The molecule has 2 aromatic heterocycles. The Morgan fingerprint density at radius 3 is 2.90 bits per heavy atom. The molecule has 7 nitrogen and oxygen atoms in total. The van der Waals surface area contributed by atoms with E-state index in [1.165, 1.54) is 0 Å². The summed E-state index contributed by atoms with van der Waals surface area (Å²) in [6.45, 7) is 7.82. The first kappa shape index (κ1) is 19.5. The highest BCUT2D eigenvalue weighted by Gasteiger charge is 2.21. The molecular formula is C22H29N5O2. The Morgan fingerprint density at radius 2 is 2.17 bits per heavy atom. The van der Waals surface area contributed by atoms with E-state index in [9.17, 15) is 0 Å². The van der Waals surface area contributed by atoms with E-state index in [1.807, 2.05) is 10.6 Å². The second-order valence-corrected chi connectivity index (χ2v) is 7.19. The molecule has 3 aromatic rings. The highest BCUT2D eigenvalue weighted by Crippen LogP contribution is 2.37. The van der Waals surface area contributed by atoms with Crippen molar-refractivity contribution in [2.24, 2.45) is 0 Å². The van der Waals surface area contributed by atoms with Gasteiger partial charge in [-0.25, -0.2) is 4.98 Å². The fraction of sp³-hybridized carbons (Fsp3) is 0.455. The van der Waals surface area contributed by atoms with Gasteiger partial charge in [0.2, 0.25) is 0 Å². The second-order valence-electron chi connectivity index (χ2n) is 7.19. The van der Waals surface area contributed by atoms with Gasteiger partial charge in [-0.15, -0.1) is 0 Å². The Kier molecular flexibility index (Phi) is 5.85. The maximum atomic E-state index is 5.79. The summed E-state index contributed by atoms with van der Waals surface area (Å²) in [6, 6.07) is 6.32. The summed E-state index contributed by atoms with van der Waals surface area (Å²) in [5.41, 5.74) is 3.77. The van der Waals surface area contributed by atoms with Crippen molar-refractivity contribution in [2.45, 2.75) is 32.8 Å². The normalized spacial score (nSPS) is 16.3. The second kappa shape index (κ2) is 8.69. The van der Waals surface area contributed by atoms with E-state index in [0.717, 1.165) is 73.2 Å². The first-order valence-electron chi connectivity index (χ1n) is 10.4. The Morgan fingerprint density at radius 1 is 1.31 bits per heavy atom. The van der Waals surface area contributed by atoms with Crippen LogP contribution in [0.2, 0.25) is 0 Å². The van der Waals surface area contributed by atoms with Crippen molar-refractivity contribution in [3.63, 3.8) is 0 Å². The van der Waals surface area contributed by atoms with Crippen molar-refractivity contribution in [3.8, 4) is 17.0 Å². The molecular weight excluding hydrogens is 366 g/mol. The van der Waals surface area contributed by atoms with Gasteiger partial charge in [0.25, 0.3) is 0 Å². The standard InChI is InChI=1S/C22H29N5O2/c1-4-26(5-2)16-8-9-18(19(13-16)28-3)21-22(24-14-17-7-6-12-29-17)27-11-10-23-15-20(27)25-21/h8-11,13,15,17,24H,4-7,12,14H2,1-3H3. The van der Waals surface area contributed by atoms with E-state index >= 15 is 0 Å². The van der Waals surface area contributed by atoms with Gasteiger partial charge in [0.15, 0.2) is 5.65 Å². The summed E-state index contributed by atoms with van der Waals surface area (Å²) in [6.07, 6.45) is 7.93. The predicted molar refractivity (Wildman–Crippen MR) is 116 cm³/mol. The lowest BCUT2D eigenvalue weighted by atomic mass is 10.1. The molecule has 1 aliphatic rings. The molecule has 0 amide bonds. The van der Waals surface area contributed by atoms with Crippen LogP contribution in [0.4, 0.5) is 11.5 Å². The average molecular weight is 396 g/mol. The van der Waals surface area contributed by atoms with Gasteiger partial charge in [-0.05, 0) is 38.8 Å². The fourth-order valence-electron chi connectivity index (χ4n) is 3.94. The molecule has 0 aliphatic carbocycles. The van der Waals surface area contributed by atoms with Gasteiger partial charge in [-0.1, -0.05) is 0 Å². The number of anilines is 2. The monoisotopic (exact) mass is 395 g/mol. The van der Waals surface area contributed by atoms with Crippen LogP contribution in [0.1, 0.15) is 26.7 Å². The average Bonchev–Trinajstić information content (AvgIpc) is 3.40. The van der Waals surface area contributed by atoms with E-state index < -0.39 is 0 Å². The van der Waals surface area contributed by atoms with Gasteiger partial charge in [0.1, 0.15) is 17.3 Å². The molecule has 0 radical (unpaired) electrons. The Labute approximate surface area is 171 Å². The van der Waals surface area contributed by atoms with Crippen molar-refractivity contribution in [1.29, 1.82) is 0 Å². The lowest BCUT2D eigenvalue weighted by molar-refractivity contribution is 0.120. The molecule has 1 unspecified atom stereocenters. The van der Waals surface area contributed by atoms with Crippen LogP contribution in [0, 0.1) is 0 Å². The molecule has 7 heteroatoms. The van der Waals surface area contributed by atoms with Crippen LogP contribution in [-0.4, -0.2) is 53.8 Å². The number of benzene rings is 1. The molecule has 1 fully saturated rings. The fourth-order valence-corrected chi connectivity index (χ4v) is 3.94. The van der Waals surface area contributed by atoms with E-state index in [4.69, 9.17) is 14.5 Å². The third-order valence-electron chi connectivity index (χ3n) is 5.52. The molecule has 4 rings (SSSR count). The van der Waals surface area contributed by atoms with Crippen molar-refractivity contribution in [2.75, 3.05) is 43.6 Å². The minimum Gasteiger partial charge on any atom is -0.496 e. The smallest absolute Gasteiger partial charge is 0.157 e. The number of methoxy groups -OCH3 is 1. The number of hydrogen-bond donors (Lipinski definition) is 1. The third-order valence-corrected chi connectivity index (χ3v) is 5.52. The third kappa shape index (κ3) is 3.87. The van der Waals surface area contributed by atoms with Crippen LogP contribution in [0.25, 0.3) is 16.9 Å². The zero-order valence-corrected chi connectivity index (χ0v) is 17.4. The lowest BCUT2D eigenvalue weighted by Crippen LogP contribution is -2.21. The molecule has 0 saturated carbocycles. The number of imidazole rings is 1. The largest absolute Gasteiger partial charge is 0.496 e. The minimum atomic E-state index is 0.238. The summed E-state index contributed by atoms with van der Waals surface area (Å²) in [7, 11) is 1.71. The van der Waals surface area contributed by atoms with E-state index in [0.29, 0.717) is 0 Å². The Balaban J connectivity index is 1.75. The highest BCUT2D eigenvalue weighted by molar-refractivity contribution is 5.81. The molecule has 1 atom stereocenters. The highest BCUT2D eigenvalue weighted by atomic mass is 16.5. The zero-order valence-electron chi connectivity index (χ0n) is 17.4. The van der Waals surface area contributed by atoms with Crippen molar-refractivity contribution in [1.82, 2.24) is 14.4 Å². The summed E-state index contributed by atoms with van der Waals surface area (Å²) in [4.78, 5) is 11.4. The number of ether oxygens (including phenoxy) is 2. The van der Waals surface area contributed by atoms with Crippen molar-refractivity contribution >= 4 is 17.2 Å². The topological polar surface area (TPSA) is 63.9 Å². The number of rotatable bonds is 8. The van der Waals surface area contributed by atoms with Gasteiger partial charge in [-0.3, -0.25) is 9.38 Å². The maximum absolute atomic E-state index is 5.79. The van der Waals surface area contributed by atoms with Gasteiger partial charge in [0.05, 0.1) is 19.4 Å². The van der Waals surface area contributed by atoms with E-state index in [-0.39, 0.29) is 6.10 Å². The van der Waals surface area contributed by atoms with Crippen molar-refractivity contribution < 1.29 is 9.47 Å². The van der Waals surface area contributed by atoms with Gasteiger partial charge < -0.3 is 19.7 Å².